The second-order valence-electron chi connectivity index (χ2n) is 6.54. The Morgan fingerprint density at radius 2 is 2.00 bits per heavy atom. The molecular weight excluding hydrogens is 348 g/mol. The molecule has 1 aliphatic carbocycles. The van der Waals surface area contributed by atoms with Crippen molar-refractivity contribution in [2.45, 2.75) is 32.2 Å². The first-order valence-corrected chi connectivity index (χ1v) is 10.2. The van der Waals surface area contributed by atoms with Crippen molar-refractivity contribution in [2.24, 2.45) is 0 Å². The quantitative estimate of drug-likeness (QED) is 0.512. The average molecular weight is 367 g/mol. The summed E-state index contributed by atoms with van der Waals surface area (Å²) >= 11 is 3.61. The number of thiophene rings is 1. The molecule has 0 saturated heterocycles. The summed E-state index contributed by atoms with van der Waals surface area (Å²) in [6, 6.07) is 8.51. The molecule has 0 fully saturated rings. The Hall–Kier alpha value is -2.05. The fraction of sp³-hybridized carbons (Fsp3) is 0.316. The summed E-state index contributed by atoms with van der Waals surface area (Å²) in [5.74, 6) is 1.04. The molecule has 4 aromatic rings. The first-order valence-electron chi connectivity index (χ1n) is 8.56. The van der Waals surface area contributed by atoms with E-state index >= 15 is 0 Å². The molecule has 1 unspecified atom stereocenters. The van der Waals surface area contributed by atoms with Gasteiger partial charge in [0.1, 0.15) is 22.0 Å². The first kappa shape index (κ1) is 15.2. The van der Waals surface area contributed by atoms with Gasteiger partial charge >= 0.3 is 0 Å². The summed E-state index contributed by atoms with van der Waals surface area (Å²) in [5.41, 5.74) is 2.55. The third kappa shape index (κ3) is 2.35. The Morgan fingerprint density at radius 1 is 1.12 bits per heavy atom. The molecule has 0 spiro atoms. The van der Waals surface area contributed by atoms with Gasteiger partial charge in [0.15, 0.2) is 0 Å². The van der Waals surface area contributed by atoms with E-state index in [1.807, 2.05) is 17.4 Å². The highest BCUT2D eigenvalue weighted by Gasteiger charge is 2.25. The number of thiazole rings is 1. The molecular formula is C19H18N4S2. The molecule has 6 heteroatoms. The minimum atomic E-state index is 0.174. The van der Waals surface area contributed by atoms with Gasteiger partial charge in [-0.3, -0.25) is 0 Å². The molecule has 0 aliphatic heterocycles. The normalized spacial score (nSPS) is 15.0. The third-order valence-corrected chi connectivity index (χ3v) is 7.47. The zero-order valence-corrected chi connectivity index (χ0v) is 15.8. The number of nitrogens with zero attached hydrogens (tertiary/aromatic N) is 4. The van der Waals surface area contributed by atoms with Crippen LogP contribution in [0.1, 0.15) is 34.8 Å². The van der Waals surface area contributed by atoms with Crippen LogP contribution in [0.4, 0.5) is 5.82 Å². The third-order valence-electron chi connectivity index (χ3n) is 5.06. The SMILES string of the molecule is CC(c1nc2ccccc2s1)N(C)c1ncnc2sc3c(c12)CCC3. The molecule has 3 aromatic heterocycles. The summed E-state index contributed by atoms with van der Waals surface area (Å²) < 4.78 is 1.24. The molecule has 3 heterocycles. The van der Waals surface area contributed by atoms with E-state index in [1.54, 1.807) is 17.7 Å². The Morgan fingerprint density at radius 3 is 2.88 bits per heavy atom. The highest BCUT2D eigenvalue weighted by Crippen LogP contribution is 2.41. The number of aryl methyl sites for hydroxylation is 2. The van der Waals surface area contributed by atoms with E-state index in [1.165, 1.54) is 33.4 Å². The number of para-hydroxylation sites is 1. The summed E-state index contributed by atoms with van der Waals surface area (Å²) in [5, 5.41) is 2.39. The van der Waals surface area contributed by atoms with Crippen molar-refractivity contribution in [1.29, 1.82) is 0 Å². The zero-order chi connectivity index (χ0) is 17.0. The fourth-order valence-electron chi connectivity index (χ4n) is 3.60. The minimum Gasteiger partial charge on any atom is -0.350 e. The molecule has 1 aliphatic rings. The number of anilines is 1. The Balaban J connectivity index is 1.59. The molecule has 5 rings (SSSR count). The second-order valence-corrected chi connectivity index (χ2v) is 8.69. The van der Waals surface area contributed by atoms with Crippen LogP contribution in [0, 0.1) is 0 Å². The maximum atomic E-state index is 4.84. The lowest BCUT2D eigenvalue weighted by Gasteiger charge is -2.25. The maximum Gasteiger partial charge on any atom is 0.141 e. The van der Waals surface area contributed by atoms with Gasteiger partial charge in [0.05, 0.1) is 21.6 Å². The van der Waals surface area contributed by atoms with Crippen molar-refractivity contribution in [3.63, 3.8) is 0 Å². The minimum absolute atomic E-state index is 0.174. The van der Waals surface area contributed by atoms with Crippen LogP contribution in [0.15, 0.2) is 30.6 Å². The van der Waals surface area contributed by atoms with Crippen molar-refractivity contribution in [3.8, 4) is 0 Å². The van der Waals surface area contributed by atoms with Gasteiger partial charge in [0.2, 0.25) is 0 Å². The Bertz CT molecular complexity index is 1050. The molecule has 0 saturated carbocycles. The lowest BCUT2D eigenvalue weighted by molar-refractivity contribution is 0.726. The van der Waals surface area contributed by atoms with Crippen molar-refractivity contribution >= 4 is 48.9 Å². The van der Waals surface area contributed by atoms with E-state index in [2.05, 4.69) is 47.0 Å². The van der Waals surface area contributed by atoms with Crippen molar-refractivity contribution < 1.29 is 0 Å². The predicted octanol–water partition coefficient (Wildman–Crippen LogP) is 4.99. The van der Waals surface area contributed by atoms with Crippen LogP contribution >= 0.6 is 22.7 Å². The standard InChI is InChI=1S/C19H18N4S2/c1-11(18-22-13-7-3-4-8-15(13)25-18)23(2)17-16-12-6-5-9-14(12)24-19(16)21-10-20-17/h3-4,7-8,10-11H,5-6,9H2,1-2H3. The molecule has 1 aromatic carbocycles. The largest absolute Gasteiger partial charge is 0.350 e. The van der Waals surface area contributed by atoms with E-state index in [4.69, 9.17) is 4.98 Å². The van der Waals surface area contributed by atoms with Crippen molar-refractivity contribution in [3.05, 3.63) is 46.0 Å². The van der Waals surface area contributed by atoms with Crippen LogP contribution in [0.25, 0.3) is 20.4 Å². The molecule has 25 heavy (non-hydrogen) atoms. The first-order chi connectivity index (χ1) is 12.2. The van der Waals surface area contributed by atoms with Crippen molar-refractivity contribution in [2.75, 3.05) is 11.9 Å². The lowest BCUT2D eigenvalue weighted by Crippen LogP contribution is -2.23. The molecule has 126 valence electrons. The summed E-state index contributed by atoms with van der Waals surface area (Å²) in [7, 11) is 2.12. The number of hydrogen-bond acceptors (Lipinski definition) is 6. The van der Waals surface area contributed by atoms with E-state index in [-0.39, 0.29) is 6.04 Å². The van der Waals surface area contributed by atoms with Crippen LogP contribution in [-0.4, -0.2) is 22.0 Å². The second kappa shape index (κ2) is 5.75. The highest BCUT2D eigenvalue weighted by atomic mass is 32.1. The number of rotatable bonds is 3. The summed E-state index contributed by atoms with van der Waals surface area (Å²) in [4.78, 5) is 18.9. The monoisotopic (exact) mass is 366 g/mol. The number of benzene rings is 1. The van der Waals surface area contributed by atoms with E-state index in [9.17, 15) is 0 Å². The highest BCUT2D eigenvalue weighted by molar-refractivity contribution is 7.19. The van der Waals surface area contributed by atoms with Crippen LogP contribution in [-0.2, 0) is 12.8 Å². The number of aromatic nitrogens is 3. The van der Waals surface area contributed by atoms with Gasteiger partial charge in [-0.05, 0) is 43.9 Å². The number of fused-ring (bicyclic) bond motifs is 4. The molecule has 0 radical (unpaired) electrons. The Kier molecular flexibility index (Phi) is 3.50. The van der Waals surface area contributed by atoms with Gasteiger partial charge in [-0.1, -0.05) is 12.1 Å². The van der Waals surface area contributed by atoms with Crippen LogP contribution in [0.3, 0.4) is 0 Å². The van der Waals surface area contributed by atoms with Crippen LogP contribution in [0.5, 0.6) is 0 Å². The van der Waals surface area contributed by atoms with Gasteiger partial charge in [-0.2, -0.15) is 0 Å². The molecule has 0 amide bonds. The average Bonchev–Trinajstić information content (AvgIpc) is 3.33. The topological polar surface area (TPSA) is 41.9 Å². The van der Waals surface area contributed by atoms with Gasteiger partial charge < -0.3 is 4.90 Å². The predicted molar refractivity (Wildman–Crippen MR) is 106 cm³/mol. The van der Waals surface area contributed by atoms with Crippen LogP contribution in [0.2, 0.25) is 0 Å². The van der Waals surface area contributed by atoms with Gasteiger partial charge in [0, 0.05) is 11.9 Å². The molecule has 0 bridgehead atoms. The zero-order valence-electron chi connectivity index (χ0n) is 14.2. The lowest BCUT2D eigenvalue weighted by atomic mass is 10.1. The fourth-order valence-corrected chi connectivity index (χ4v) is 5.88. The molecule has 1 atom stereocenters. The van der Waals surface area contributed by atoms with E-state index < -0.39 is 0 Å². The van der Waals surface area contributed by atoms with Crippen LogP contribution < -0.4 is 4.90 Å². The summed E-state index contributed by atoms with van der Waals surface area (Å²) in [6.07, 6.45) is 5.29. The molecule has 0 N–H and O–H groups in total. The molecule has 4 nitrogen and oxygen atoms in total. The Labute approximate surface area is 154 Å². The summed E-state index contributed by atoms with van der Waals surface area (Å²) in [6.45, 7) is 2.21. The van der Waals surface area contributed by atoms with E-state index in [0.717, 1.165) is 27.6 Å². The van der Waals surface area contributed by atoms with E-state index in [0.29, 0.717) is 0 Å². The van der Waals surface area contributed by atoms with Gasteiger partial charge in [-0.25, -0.2) is 15.0 Å². The maximum absolute atomic E-state index is 4.84. The number of hydrogen-bond donors (Lipinski definition) is 0. The van der Waals surface area contributed by atoms with Gasteiger partial charge in [0.25, 0.3) is 0 Å². The smallest absolute Gasteiger partial charge is 0.141 e. The van der Waals surface area contributed by atoms with Crippen molar-refractivity contribution in [1.82, 2.24) is 15.0 Å². The van der Waals surface area contributed by atoms with Gasteiger partial charge in [-0.15, -0.1) is 22.7 Å².